The third-order valence-corrected chi connectivity index (χ3v) is 5.03. The molecule has 24 heavy (non-hydrogen) atoms. The maximum atomic E-state index is 12.3. The predicted molar refractivity (Wildman–Crippen MR) is 99.8 cm³/mol. The Bertz CT molecular complexity index is 833. The molecule has 0 bridgehead atoms. The highest BCUT2D eigenvalue weighted by molar-refractivity contribution is 9.10. The molecule has 0 saturated carbocycles. The van der Waals surface area contributed by atoms with Crippen LogP contribution in [0, 0.1) is 6.92 Å². The van der Waals surface area contributed by atoms with Gasteiger partial charge >= 0.3 is 0 Å². The first kappa shape index (κ1) is 18.6. The van der Waals surface area contributed by atoms with Crippen LogP contribution in [0.25, 0.3) is 0 Å². The summed E-state index contributed by atoms with van der Waals surface area (Å²) in [6, 6.07) is 12.7. The van der Waals surface area contributed by atoms with Crippen molar-refractivity contribution >= 4 is 37.5 Å². The summed E-state index contributed by atoms with van der Waals surface area (Å²) in [6.07, 6.45) is 1.70. The second kappa shape index (κ2) is 7.92. The minimum atomic E-state index is -3.17. The SMILES string of the molecule is Cc1cc(NC(=O)c2ccc(CCNS(C)(=O)=O)cc2)ccc1Br. The van der Waals surface area contributed by atoms with E-state index in [1.54, 1.807) is 12.1 Å². The molecule has 0 aromatic heterocycles. The van der Waals surface area contributed by atoms with Gasteiger partial charge in [0, 0.05) is 22.3 Å². The molecule has 0 saturated heterocycles. The molecule has 2 aromatic rings. The molecule has 2 rings (SSSR count). The van der Waals surface area contributed by atoms with Gasteiger partial charge in [-0.3, -0.25) is 4.79 Å². The number of halogens is 1. The largest absolute Gasteiger partial charge is 0.322 e. The third kappa shape index (κ3) is 5.74. The zero-order chi connectivity index (χ0) is 17.7. The lowest BCUT2D eigenvalue weighted by atomic mass is 10.1. The molecule has 2 N–H and O–H groups in total. The van der Waals surface area contributed by atoms with Crippen LogP contribution < -0.4 is 10.0 Å². The van der Waals surface area contributed by atoms with Crippen LogP contribution in [0.15, 0.2) is 46.9 Å². The van der Waals surface area contributed by atoms with Gasteiger partial charge in [-0.1, -0.05) is 28.1 Å². The van der Waals surface area contributed by atoms with Gasteiger partial charge in [-0.2, -0.15) is 0 Å². The van der Waals surface area contributed by atoms with Gasteiger partial charge in [0.25, 0.3) is 5.91 Å². The molecule has 0 aliphatic heterocycles. The number of hydrogen-bond donors (Lipinski definition) is 2. The zero-order valence-electron chi connectivity index (χ0n) is 13.5. The Morgan fingerprint density at radius 2 is 1.79 bits per heavy atom. The molecule has 0 heterocycles. The molecule has 7 heteroatoms. The van der Waals surface area contributed by atoms with E-state index >= 15 is 0 Å². The molecule has 128 valence electrons. The van der Waals surface area contributed by atoms with Gasteiger partial charge in [0.05, 0.1) is 6.26 Å². The van der Waals surface area contributed by atoms with Crippen LogP contribution >= 0.6 is 15.9 Å². The topological polar surface area (TPSA) is 75.3 Å². The number of aryl methyl sites for hydroxylation is 1. The quantitative estimate of drug-likeness (QED) is 0.767. The molecule has 0 aliphatic carbocycles. The number of rotatable bonds is 6. The lowest BCUT2D eigenvalue weighted by Crippen LogP contribution is -2.24. The van der Waals surface area contributed by atoms with Gasteiger partial charge in [0.2, 0.25) is 10.0 Å². The fourth-order valence-electron chi connectivity index (χ4n) is 2.13. The first-order valence-electron chi connectivity index (χ1n) is 7.36. The maximum absolute atomic E-state index is 12.3. The smallest absolute Gasteiger partial charge is 0.255 e. The van der Waals surface area contributed by atoms with Crippen molar-refractivity contribution in [2.24, 2.45) is 0 Å². The lowest BCUT2D eigenvalue weighted by molar-refractivity contribution is 0.102. The zero-order valence-corrected chi connectivity index (χ0v) is 15.9. The number of hydrogen-bond acceptors (Lipinski definition) is 3. The predicted octanol–water partition coefficient (Wildman–Crippen LogP) is 3.10. The Labute approximate surface area is 150 Å². The van der Waals surface area contributed by atoms with Crippen LogP contribution in [-0.2, 0) is 16.4 Å². The van der Waals surface area contributed by atoms with E-state index in [2.05, 4.69) is 26.0 Å². The maximum Gasteiger partial charge on any atom is 0.255 e. The molecule has 0 radical (unpaired) electrons. The molecule has 0 unspecified atom stereocenters. The van der Waals surface area contributed by atoms with E-state index in [0.717, 1.165) is 27.5 Å². The fraction of sp³-hybridized carbons (Fsp3) is 0.235. The number of carbonyl (C=O) groups is 1. The molecule has 0 atom stereocenters. The summed E-state index contributed by atoms with van der Waals surface area (Å²) in [4.78, 5) is 12.3. The normalized spacial score (nSPS) is 11.3. The van der Waals surface area contributed by atoms with Crippen molar-refractivity contribution in [1.29, 1.82) is 0 Å². The number of sulfonamides is 1. The Kier molecular flexibility index (Phi) is 6.15. The highest BCUT2D eigenvalue weighted by Gasteiger charge is 2.07. The van der Waals surface area contributed by atoms with Crippen molar-refractivity contribution in [3.8, 4) is 0 Å². The summed E-state index contributed by atoms with van der Waals surface area (Å²) in [5.41, 5.74) is 3.29. The Balaban J connectivity index is 1.96. The monoisotopic (exact) mass is 410 g/mol. The molecule has 0 aliphatic rings. The molecular weight excluding hydrogens is 392 g/mol. The molecule has 5 nitrogen and oxygen atoms in total. The van der Waals surface area contributed by atoms with E-state index in [1.807, 2.05) is 37.3 Å². The van der Waals surface area contributed by atoms with E-state index in [4.69, 9.17) is 0 Å². The average Bonchev–Trinajstić information content (AvgIpc) is 2.50. The van der Waals surface area contributed by atoms with Crippen LogP contribution in [0.4, 0.5) is 5.69 Å². The molecule has 0 fully saturated rings. The van der Waals surface area contributed by atoms with E-state index < -0.39 is 10.0 Å². The van der Waals surface area contributed by atoms with Gasteiger partial charge in [0.1, 0.15) is 0 Å². The van der Waals surface area contributed by atoms with Gasteiger partial charge in [0.15, 0.2) is 0 Å². The summed E-state index contributed by atoms with van der Waals surface area (Å²) in [6.45, 7) is 2.29. The number of anilines is 1. The van der Waals surface area contributed by atoms with E-state index in [9.17, 15) is 13.2 Å². The lowest BCUT2D eigenvalue weighted by Gasteiger charge is -2.08. The third-order valence-electron chi connectivity index (χ3n) is 3.41. The second-order valence-corrected chi connectivity index (χ2v) is 8.22. The second-order valence-electron chi connectivity index (χ2n) is 5.53. The minimum absolute atomic E-state index is 0.183. The first-order chi connectivity index (χ1) is 11.2. The highest BCUT2D eigenvalue weighted by Crippen LogP contribution is 2.20. The number of carbonyl (C=O) groups excluding carboxylic acids is 1. The fourth-order valence-corrected chi connectivity index (χ4v) is 2.85. The minimum Gasteiger partial charge on any atom is -0.322 e. The van der Waals surface area contributed by atoms with Gasteiger partial charge in [-0.25, -0.2) is 13.1 Å². The summed E-state index contributed by atoms with van der Waals surface area (Å²) in [5.74, 6) is -0.183. The van der Waals surface area contributed by atoms with E-state index in [-0.39, 0.29) is 5.91 Å². The van der Waals surface area contributed by atoms with Crippen molar-refractivity contribution in [2.45, 2.75) is 13.3 Å². The molecule has 1 amide bonds. The van der Waals surface area contributed by atoms with E-state index in [0.29, 0.717) is 18.5 Å². The van der Waals surface area contributed by atoms with Crippen molar-refractivity contribution in [3.63, 3.8) is 0 Å². The van der Waals surface area contributed by atoms with Crippen molar-refractivity contribution < 1.29 is 13.2 Å². The van der Waals surface area contributed by atoms with Gasteiger partial charge < -0.3 is 5.32 Å². The van der Waals surface area contributed by atoms with Crippen molar-refractivity contribution in [2.75, 3.05) is 18.1 Å². The Morgan fingerprint density at radius 3 is 2.38 bits per heavy atom. The summed E-state index contributed by atoms with van der Waals surface area (Å²) < 4.78 is 25.5. The van der Waals surface area contributed by atoms with Crippen LogP contribution in [0.1, 0.15) is 21.5 Å². The highest BCUT2D eigenvalue weighted by atomic mass is 79.9. The summed E-state index contributed by atoms with van der Waals surface area (Å²) >= 11 is 3.43. The van der Waals surface area contributed by atoms with Crippen molar-refractivity contribution in [3.05, 3.63) is 63.6 Å². The van der Waals surface area contributed by atoms with Gasteiger partial charge in [-0.05, 0) is 54.8 Å². The Hall–Kier alpha value is -1.70. The van der Waals surface area contributed by atoms with Gasteiger partial charge in [-0.15, -0.1) is 0 Å². The van der Waals surface area contributed by atoms with Crippen LogP contribution in [0.5, 0.6) is 0 Å². The van der Waals surface area contributed by atoms with Crippen LogP contribution in [0.3, 0.4) is 0 Å². The van der Waals surface area contributed by atoms with E-state index in [1.165, 1.54) is 0 Å². The Morgan fingerprint density at radius 1 is 1.12 bits per heavy atom. The first-order valence-corrected chi connectivity index (χ1v) is 10.0. The van der Waals surface area contributed by atoms with Crippen LogP contribution in [-0.4, -0.2) is 27.1 Å². The summed E-state index contributed by atoms with van der Waals surface area (Å²) in [5, 5.41) is 2.86. The van der Waals surface area contributed by atoms with Crippen LogP contribution in [0.2, 0.25) is 0 Å². The number of nitrogens with one attached hydrogen (secondary N) is 2. The standard InChI is InChI=1S/C17H19BrN2O3S/c1-12-11-15(7-8-16(12)18)20-17(21)14-5-3-13(4-6-14)9-10-19-24(2,22)23/h3-8,11,19H,9-10H2,1-2H3,(H,20,21). The van der Waals surface area contributed by atoms with Crippen molar-refractivity contribution in [1.82, 2.24) is 4.72 Å². The number of amides is 1. The molecular formula is C17H19BrN2O3S. The summed E-state index contributed by atoms with van der Waals surface area (Å²) in [7, 11) is -3.17. The number of benzene rings is 2. The molecule has 2 aromatic carbocycles. The molecule has 0 spiro atoms. The average molecular weight is 411 g/mol.